The Morgan fingerprint density at radius 3 is 2.74 bits per heavy atom. The van der Waals surface area contributed by atoms with Gasteiger partial charge in [0.15, 0.2) is 0 Å². The van der Waals surface area contributed by atoms with Crippen LogP contribution in [0.15, 0.2) is 30.0 Å². The number of nitrogens with two attached hydrogens (primary N) is 1. The molecule has 1 unspecified atom stereocenters. The van der Waals surface area contributed by atoms with E-state index in [0.717, 1.165) is 42.1 Å². The summed E-state index contributed by atoms with van der Waals surface area (Å²) >= 11 is 0. The predicted molar refractivity (Wildman–Crippen MR) is 72.9 cm³/mol. The molecule has 1 aromatic rings. The van der Waals surface area contributed by atoms with E-state index >= 15 is 0 Å². The minimum atomic E-state index is -0.110. The monoisotopic (exact) mass is 264 g/mol. The molecule has 19 heavy (non-hydrogen) atoms. The van der Waals surface area contributed by atoms with Gasteiger partial charge in [0, 0.05) is 11.6 Å². The first-order valence-corrected chi connectivity index (χ1v) is 6.28. The van der Waals surface area contributed by atoms with E-state index in [-0.39, 0.29) is 6.04 Å². The van der Waals surface area contributed by atoms with Gasteiger partial charge in [-0.2, -0.15) is 0 Å². The van der Waals surface area contributed by atoms with Gasteiger partial charge >= 0.3 is 0 Å². The third-order valence-electron chi connectivity index (χ3n) is 3.25. The van der Waals surface area contributed by atoms with Crippen LogP contribution in [0.1, 0.15) is 24.4 Å². The molecule has 3 N–H and O–H groups in total. The molecule has 1 aliphatic rings. The SMILES string of the molecule is COc1ccc(C(NN)C2=COCCC2)c(OC)c1. The molecule has 1 aromatic carbocycles. The minimum absolute atomic E-state index is 0.110. The van der Waals surface area contributed by atoms with Gasteiger partial charge in [-0.05, 0) is 30.5 Å². The largest absolute Gasteiger partial charge is 0.501 e. The fourth-order valence-corrected chi connectivity index (χ4v) is 2.25. The van der Waals surface area contributed by atoms with Gasteiger partial charge in [-0.3, -0.25) is 5.84 Å². The van der Waals surface area contributed by atoms with Crippen molar-refractivity contribution in [2.45, 2.75) is 18.9 Å². The standard InChI is InChI=1S/C14H20N2O3/c1-17-11-5-6-12(13(8-11)18-2)14(16-15)10-4-3-7-19-9-10/h5-6,8-9,14,16H,3-4,7,15H2,1-2H3. The quantitative estimate of drug-likeness (QED) is 0.628. The van der Waals surface area contributed by atoms with E-state index < -0.39 is 0 Å². The third-order valence-corrected chi connectivity index (χ3v) is 3.25. The number of methoxy groups -OCH3 is 2. The summed E-state index contributed by atoms with van der Waals surface area (Å²) in [5.41, 5.74) is 4.93. The van der Waals surface area contributed by atoms with Gasteiger partial charge in [0.25, 0.3) is 0 Å². The molecule has 1 aliphatic heterocycles. The molecule has 1 atom stereocenters. The molecule has 0 amide bonds. The maximum absolute atomic E-state index is 5.70. The average molecular weight is 264 g/mol. The van der Waals surface area contributed by atoms with Crippen LogP contribution in [0.2, 0.25) is 0 Å². The van der Waals surface area contributed by atoms with Crippen molar-refractivity contribution in [1.29, 1.82) is 0 Å². The highest BCUT2D eigenvalue weighted by atomic mass is 16.5. The van der Waals surface area contributed by atoms with Crippen LogP contribution in [0.3, 0.4) is 0 Å². The Bertz CT molecular complexity index is 460. The predicted octanol–water partition coefficient (Wildman–Crippen LogP) is 1.90. The van der Waals surface area contributed by atoms with Crippen molar-refractivity contribution in [3.05, 3.63) is 35.6 Å². The molecule has 0 bridgehead atoms. The smallest absolute Gasteiger partial charge is 0.127 e. The van der Waals surface area contributed by atoms with Crippen molar-refractivity contribution in [3.8, 4) is 11.5 Å². The average Bonchev–Trinajstić information content (AvgIpc) is 2.49. The number of hydrazine groups is 1. The zero-order valence-corrected chi connectivity index (χ0v) is 11.3. The summed E-state index contributed by atoms with van der Waals surface area (Å²) in [6.45, 7) is 0.764. The Morgan fingerprint density at radius 1 is 1.32 bits per heavy atom. The lowest BCUT2D eigenvalue weighted by Crippen LogP contribution is -2.30. The third kappa shape index (κ3) is 3.00. The van der Waals surface area contributed by atoms with Gasteiger partial charge in [-0.15, -0.1) is 0 Å². The molecule has 2 rings (SSSR count). The summed E-state index contributed by atoms with van der Waals surface area (Å²) in [5.74, 6) is 7.20. The van der Waals surface area contributed by atoms with Crippen LogP contribution in [-0.2, 0) is 4.74 Å². The molecule has 104 valence electrons. The molecule has 1 heterocycles. The normalized spacial score (nSPS) is 16.3. The summed E-state index contributed by atoms with van der Waals surface area (Å²) < 4.78 is 16.0. The second-order valence-corrected chi connectivity index (χ2v) is 4.37. The summed E-state index contributed by atoms with van der Waals surface area (Å²) in [5, 5.41) is 0. The molecule has 5 heteroatoms. The molecule has 0 spiro atoms. The topological polar surface area (TPSA) is 65.7 Å². The van der Waals surface area contributed by atoms with Crippen molar-refractivity contribution in [2.75, 3.05) is 20.8 Å². The van der Waals surface area contributed by atoms with Crippen LogP contribution in [-0.4, -0.2) is 20.8 Å². The second kappa shape index (κ2) is 6.45. The fraction of sp³-hybridized carbons (Fsp3) is 0.429. The van der Waals surface area contributed by atoms with Crippen LogP contribution >= 0.6 is 0 Å². The Kier molecular flexibility index (Phi) is 4.65. The number of ether oxygens (including phenoxy) is 3. The molecule has 0 aliphatic carbocycles. The number of benzene rings is 1. The Morgan fingerprint density at radius 2 is 2.16 bits per heavy atom. The first-order valence-electron chi connectivity index (χ1n) is 6.28. The van der Waals surface area contributed by atoms with E-state index in [1.54, 1.807) is 20.5 Å². The van der Waals surface area contributed by atoms with Gasteiger partial charge in [-0.25, -0.2) is 5.43 Å². The van der Waals surface area contributed by atoms with E-state index in [4.69, 9.17) is 20.1 Å². The van der Waals surface area contributed by atoms with E-state index in [1.807, 2.05) is 18.2 Å². The van der Waals surface area contributed by atoms with E-state index in [9.17, 15) is 0 Å². The summed E-state index contributed by atoms with van der Waals surface area (Å²) in [7, 11) is 3.27. The summed E-state index contributed by atoms with van der Waals surface area (Å²) in [6.07, 6.45) is 3.75. The zero-order valence-electron chi connectivity index (χ0n) is 11.3. The number of rotatable bonds is 5. The van der Waals surface area contributed by atoms with Gasteiger partial charge in [-0.1, -0.05) is 0 Å². The maximum Gasteiger partial charge on any atom is 0.127 e. The maximum atomic E-state index is 5.70. The molecular formula is C14H20N2O3. The van der Waals surface area contributed by atoms with Crippen molar-refractivity contribution in [3.63, 3.8) is 0 Å². The minimum Gasteiger partial charge on any atom is -0.501 e. The molecule has 0 fully saturated rings. The van der Waals surface area contributed by atoms with Crippen LogP contribution in [0, 0.1) is 0 Å². The molecule has 5 nitrogen and oxygen atoms in total. The number of hydrogen-bond acceptors (Lipinski definition) is 5. The molecule has 0 saturated carbocycles. The van der Waals surface area contributed by atoms with Crippen molar-refractivity contribution >= 4 is 0 Å². The zero-order chi connectivity index (χ0) is 13.7. The summed E-state index contributed by atoms with van der Waals surface area (Å²) in [4.78, 5) is 0. The van der Waals surface area contributed by atoms with Crippen LogP contribution in [0.5, 0.6) is 11.5 Å². The van der Waals surface area contributed by atoms with Crippen LogP contribution in [0.25, 0.3) is 0 Å². The van der Waals surface area contributed by atoms with Gasteiger partial charge in [0.1, 0.15) is 11.5 Å². The first-order chi connectivity index (χ1) is 9.30. The van der Waals surface area contributed by atoms with Crippen LogP contribution < -0.4 is 20.7 Å². The lowest BCUT2D eigenvalue weighted by Gasteiger charge is -2.24. The highest BCUT2D eigenvalue weighted by Gasteiger charge is 2.21. The van der Waals surface area contributed by atoms with E-state index in [2.05, 4.69) is 5.43 Å². The molecule has 0 aromatic heterocycles. The van der Waals surface area contributed by atoms with Crippen LogP contribution in [0.4, 0.5) is 0 Å². The van der Waals surface area contributed by atoms with Gasteiger partial charge < -0.3 is 14.2 Å². The van der Waals surface area contributed by atoms with Crippen molar-refractivity contribution in [1.82, 2.24) is 5.43 Å². The summed E-state index contributed by atoms with van der Waals surface area (Å²) in [6, 6.07) is 5.59. The Labute approximate surface area is 113 Å². The van der Waals surface area contributed by atoms with E-state index in [1.165, 1.54) is 0 Å². The Hall–Kier alpha value is -1.72. The lowest BCUT2D eigenvalue weighted by molar-refractivity contribution is 0.219. The van der Waals surface area contributed by atoms with Crippen molar-refractivity contribution < 1.29 is 14.2 Å². The van der Waals surface area contributed by atoms with Gasteiger partial charge in [0.05, 0.1) is 33.1 Å². The molecule has 0 saturated heterocycles. The van der Waals surface area contributed by atoms with E-state index in [0.29, 0.717) is 0 Å². The number of nitrogens with one attached hydrogen (secondary N) is 1. The fourth-order valence-electron chi connectivity index (χ4n) is 2.25. The van der Waals surface area contributed by atoms with Gasteiger partial charge in [0.2, 0.25) is 0 Å². The van der Waals surface area contributed by atoms with Crippen molar-refractivity contribution in [2.24, 2.45) is 5.84 Å². The highest BCUT2D eigenvalue weighted by molar-refractivity contribution is 5.45. The second-order valence-electron chi connectivity index (χ2n) is 4.37. The molecule has 0 radical (unpaired) electrons. The molecular weight excluding hydrogens is 244 g/mol. The lowest BCUT2D eigenvalue weighted by atomic mass is 9.95. The first kappa shape index (κ1) is 13.7. The highest BCUT2D eigenvalue weighted by Crippen LogP contribution is 2.34. The Balaban J connectivity index is 2.34. The number of hydrogen-bond donors (Lipinski definition) is 2.